The SMILES string of the molecule is CCC1C=C2CCCN(Cc3cccc4cccnc34)CCN(CC)C(=O)N2Cc2cc(OC)cc(OC)c21. The number of para-hydroxylation sites is 1. The quantitative estimate of drug-likeness (QED) is 0.382. The molecule has 1 unspecified atom stereocenters. The molecule has 2 aliphatic heterocycles. The summed E-state index contributed by atoms with van der Waals surface area (Å²) in [6.07, 6.45) is 6.93. The molecule has 0 N–H and O–H groups in total. The van der Waals surface area contributed by atoms with Crippen LogP contribution in [-0.4, -0.2) is 66.1 Å². The second kappa shape index (κ2) is 12.1. The number of methoxy groups -OCH3 is 2. The molecule has 3 aromatic rings. The van der Waals surface area contributed by atoms with Gasteiger partial charge in [0, 0.05) is 61.0 Å². The zero-order chi connectivity index (χ0) is 27.4. The van der Waals surface area contributed by atoms with Crippen molar-refractivity contribution in [1.29, 1.82) is 0 Å². The molecule has 2 aliphatic rings. The summed E-state index contributed by atoms with van der Waals surface area (Å²) in [4.78, 5) is 25.2. The van der Waals surface area contributed by atoms with Gasteiger partial charge in [-0.2, -0.15) is 0 Å². The van der Waals surface area contributed by atoms with Crippen LogP contribution in [0.4, 0.5) is 4.79 Å². The van der Waals surface area contributed by atoms with Crippen molar-refractivity contribution >= 4 is 16.9 Å². The lowest BCUT2D eigenvalue weighted by Crippen LogP contribution is -2.46. The van der Waals surface area contributed by atoms with Crippen LogP contribution in [0.5, 0.6) is 11.5 Å². The lowest BCUT2D eigenvalue weighted by atomic mass is 9.90. The monoisotopic (exact) mass is 528 g/mol. The van der Waals surface area contributed by atoms with Crippen LogP contribution in [-0.2, 0) is 13.1 Å². The van der Waals surface area contributed by atoms with Crippen LogP contribution in [0.3, 0.4) is 0 Å². The number of nitrogens with zero attached hydrogens (tertiary/aromatic N) is 4. The maximum absolute atomic E-state index is 14.1. The summed E-state index contributed by atoms with van der Waals surface area (Å²) in [5.41, 5.74) is 5.66. The van der Waals surface area contributed by atoms with Crippen LogP contribution in [0.25, 0.3) is 10.9 Å². The number of pyridine rings is 1. The largest absolute Gasteiger partial charge is 0.497 e. The normalized spacial score (nSPS) is 18.7. The second-order valence-electron chi connectivity index (χ2n) is 10.4. The molecule has 206 valence electrons. The molecule has 1 fully saturated rings. The van der Waals surface area contributed by atoms with Gasteiger partial charge in [0.25, 0.3) is 0 Å². The topological polar surface area (TPSA) is 58.1 Å². The van der Waals surface area contributed by atoms with Crippen molar-refractivity contribution in [2.75, 3.05) is 40.4 Å². The Bertz CT molecular complexity index is 1350. The minimum Gasteiger partial charge on any atom is -0.497 e. The number of carbonyl (C=O) groups excluding carboxylic acids is 1. The average molecular weight is 529 g/mol. The predicted molar refractivity (Wildman–Crippen MR) is 155 cm³/mol. The third-order valence-electron chi connectivity index (χ3n) is 8.12. The van der Waals surface area contributed by atoms with E-state index >= 15 is 0 Å². The molecule has 7 heteroatoms. The summed E-state index contributed by atoms with van der Waals surface area (Å²) in [6, 6.07) is 14.6. The average Bonchev–Trinajstić information content (AvgIpc) is 3.13. The van der Waals surface area contributed by atoms with Gasteiger partial charge in [-0.3, -0.25) is 14.8 Å². The number of likely N-dealkylation sites (N-methyl/N-ethyl adjacent to an activating group) is 1. The third kappa shape index (κ3) is 5.59. The molecule has 0 radical (unpaired) electrons. The van der Waals surface area contributed by atoms with Gasteiger partial charge in [0.05, 0.1) is 26.3 Å². The number of carbonyl (C=O) groups is 1. The van der Waals surface area contributed by atoms with E-state index in [0.717, 1.165) is 78.1 Å². The highest BCUT2D eigenvalue weighted by atomic mass is 16.5. The van der Waals surface area contributed by atoms with E-state index in [2.05, 4.69) is 60.1 Å². The Hall–Kier alpha value is -3.58. The van der Waals surface area contributed by atoms with Crippen molar-refractivity contribution in [2.24, 2.45) is 0 Å². The molecule has 5 rings (SSSR count). The van der Waals surface area contributed by atoms with Crippen molar-refractivity contribution in [2.45, 2.75) is 52.1 Å². The number of allylic oxidation sites excluding steroid dienone is 2. The molecular formula is C32H40N4O3. The first kappa shape index (κ1) is 27.0. The number of hydrogen-bond acceptors (Lipinski definition) is 5. The molecule has 1 aromatic heterocycles. The summed E-state index contributed by atoms with van der Waals surface area (Å²) in [5.74, 6) is 1.75. The van der Waals surface area contributed by atoms with Crippen LogP contribution in [0.15, 0.2) is 60.4 Å². The Balaban J connectivity index is 1.45. The molecule has 2 amide bonds. The van der Waals surface area contributed by atoms with Gasteiger partial charge in [-0.25, -0.2) is 4.79 Å². The standard InChI is InChI=1S/C32H40N4O3/c1-5-23-18-27-13-9-15-34(21-25-11-7-10-24-12-8-14-33-31(24)25)16-17-35(6-2)32(37)36(27)22-26-19-28(38-3)20-29(39-4)30(23)26/h7-8,10-12,14,18-20,23H,5-6,9,13,15-17,21-22H2,1-4H3. The van der Waals surface area contributed by atoms with Crippen LogP contribution < -0.4 is 9.47 Å². The highest BCUT2D eigenvalue weighted by molar-refractivity contribution is 5.81. The summed E-state index contributed by atoms with van der Waals surface area (Å²) in [5, 5.41) is 1.16. The van der Waals surface area contributed by atoms with Gasteiger partial charge >= 0.3 is 6.03 Å². The molecule has 0 spiro atoms. The Kier molecular flexibility index (Phi) is 8.36. The fourth-order valence-electron chi connectivity index (χ4n) is 6.01. The van der Waals surface area contributed by atoms with Gasteiger partial charge in [0.2, 0.25) is 0 Å². The zero-order valence-corrected chi connectivity index (χ0v) is 23.7. The fourth-order valence-corrected chi connectivity index (χ4v) is 6.01. The molecular weight excluding hydrogens is 488 g/mol. The highest BCUT2D eigenvalue weighted by Gasteiger charge is 2.31. The number of ether oxygens (including phenoxy) is 2. The molecule has 1 saturated heterocycles. The number of rotatable bonds is 6. The number of hydrogen-bond donors (Lipinski definition) is 0. The van der Waals surface area contributed by atoms with Gasteiger partial charge < -0.3 is 14.4 Å². The van der Waals surface area contributed by atoms with Crippen LogP contribution >= 0.6 is 0 Å². The van der Waals surface area contributed by atoms with Crippen molar-refractivity contribution in [3.05, 3.63) is 77.1 Å². The number of aromatic nitrogens is 1. The lowest BCUT2D eigenvalue weighted by Gasteiger charge is -2.35. The molecule has 39 heavy (non-hydrogen) atoms. The Morgan fingerprint density at radius 3 is 2.64 bits per heavy atom. The lowest BCUT2D eigenvalue weighted by molar-refractivity contribution is 0.146. The van der Waals surface area contributed by atoms with E-state index in [1.165, 1.54) is 5.56 Å². The Labute approximate surface area is 232 Å². The van der Waals surface area contributed by atoms with Gasteiger partial charge in [-0.1, -0.05) is 37.3 Å². The maximum Gasteiger partial charge on any atom is 0.324 e. The van der Waals surface area contributed by atoms with Gasteiger partial charge in [-0.15, -0.1) is 0 Å². The minimum atomic E-state index is 0.0712. The summed E-state index contributed by atoms with van der Waals surface area (Å²) >= 11 is 0. The Morgan fingerprint density at radius 2 is 1.87 bits per heavy atom. The molecule has 2 aromatic carbocycles. The summed E-state index contributed by atoms with van der Waals surface area (Å²) in [6.45, 7) is 8.74. The molecule has 0 aliphatic carbocycles. The first-order chi connectivity index (χ1) is 19.1. The van der Waals surface area contributed by atoms with Crippen molar-refractivity contribution in [3.63, 3.8) is 0 Å². The third-order valence-corrected chi connectivity index (χ3v) is 8.12. The first-order valence-electron chi connectivity index (χ1n) is 14.1. The highest BCUT2D eigenvalue weighted by Crippen LogP contribution is 2.41. The number of amides is 2. The van der Waals surface area contributed by atoms with Gasteiger partial charge in [-0.05, 0) is 56.0 Å². The molecule has 1 atom stereocenters. The van der Waals surface area contributed by atoms with Crippen molar-refractivity contribution in [1.82, 2.24) is 19.7 Å². The van der Waals surface area contributed by atoms with Crippen LogP contribution in [0.2, 0.25) is 0 Å². The predicted octanol–water partition coefficient (Wildman–Crippen LogP) is 6.18. The van der Waals surface area contributed by atoms with E-state index in [1.54, 1.807) is 14.2 Å². The van der Waals surface area contributed by atoms with E-state index in [9.17, 15) is 4.79 Å². The van der Waals surface area contributed by atoms with Crippen molar-refractivity contribution in [3.8, 4) is 11.5 Å². The molecule has 7 nitrogen and oxygen atoms in total. The molecule has 0 bridgehead atoms. The molecule has 3 heterocycles. The fraction of sp³-hybridized carbons (Fsp3) is 0.438. The van der Waals surface area contributed by atoms with Gasteiger partial charge in [0.15, 0.2) is 0 Å². The summed E-state index contributed by atoms with van der Waals surface area (Å²) in [7, 11) is 3.38. The van der Waals surface area contributed by atoms with Crippen LogP contribution in [0, 0.1) is 0 Å². The second-order valence-corrected chi connectivity index (χ2v) is 10.4. The smallest absolute Gasteiger partial charge is 0.324 e. The number of benzene rings is 2. The van der Waals surface area contributed by atoms with Crippen molar-refractivity contribution < 1.29 is 14.3 Å². The van der Waals surface area contributed by atoms with E-state index < -0.39 is 0 Å². The van der Waals surface area contributed by atoms with E-state index in [4.69, 9.17) is 9.47 Å². The van der Waals surface area contributed by atoms with Gasteiger partial charge in [0.1, 0.15) is 11.5 Å². The number of fused-ring (bicyclic) bond motifs is 3. The van der Waals surface area contributed by atoms with E-state index in [1.807, 2.05) is 28.1 Å². The van der Waals surface area contributed by atoms with Crippen LogP contribution in [0.1, 0.15) is 55.7 Å². The Morgan fingerprint density at radius 1 is 1.03 bits per heavy atom. The summed E-state index contributed by atoms with van der Waals surface area (Å²) < 4.78 is 11.4. The first-order valence-corrected chi connectivity index (χ1v) is 14.1. The maximum atomic E-state index is 14.1. The molecule has 0 saturated carbocycles. The number of urea groups is 1. The minimum absolute atomic E-state index is 0.0712. The van der Waals surface area contributed by atoms with E-state index in [0.29, 0.717) is 19.6 Å². The zero-order valence-electron chi connectivity index (χ0n) is 23.7. The van der Waals surface area contributed by atoms with E-state index in [-0.39, 0.29) is 11.9 Å².